The topological polar surface area (TPSA) is 20.2 Å². The summed E-state index contributed by atoms with van der Waals surface area (Å²) in [5.74, 6) is 0.322. The summed E-state index contributed by atoms with van der Waals surface area (Å²) in [6, 6.07) is 8.71. The van der Waals surface area contributed by atoms with Crippen LogP contribution in [0.4, 0.5) is 0 Å². The molecule has 0 aromatic heterocycles. The fraction of sp³-hybridized carbons (Fsp3) is 0. The Morgan fingerprint density at radius 1 is 1.00 bits per heavy atom. The molecule has 42 valence electrons. The van der Waals surface area contributed by atoms with Crippen LogP contribution in [-0.2, 0) is 0 Å². The summed E-state index contributed by atoms with van der Waals surface area (Å²) in [6.45, 7) is 0. The Bertz CT molecular complexity index is 138. The molecule has 1 aromatic rings. The van der Waals surface area contributed by atoms with E-state index in [9.17, 15) is 0 Å². The third-order valence-corrected chi connectivity index (χ3v) is 0.756. The van der Waals surface area contributed by atoms with Crippen molar-refractivity contribution in [2.24, 2.45) is 0 Å². The Kier molecular flexibility index (Phi) is 3.68. The van der Waals surface area contributed by atoms with E-state index in [-0.39, 0.29) is 23.7 Å². The molecule has 2 heteroatoms. The normalized spacial score (nSPS) is 7.50. The van der Waals surface area contributed by atoms with Crippen molar-refractivity contribution in [2.75, 3.05) is 0 Å². The van der Waals surface area contributed by atoms with Crippen LogP contribution in [0, 0.1) is 0 Å². The molecule has 1 aromatic carbocycles. The Balaban J connectivity index is 0.000000490. The third-order valence-electron chi connectivity index (χ3n) is 0.756. The van der Waals surface area contributed by atoms with Crippen LogP contribution < -0.4 is 0 Å². The molecule has 2 radical (unpaired) electrons. The van der Waals surface area contributed by atoms with Gasteiger partial charge in [-0.3, -0.25) is 0 Å². The van der Waals surface area contributed by atoms with Crippen LogP contribution in [0.15, 0.2) is 30.3 Å². The summed E-state index contributed by atoms with van der Waals surface area (Å²) in [5.41, 5.74) is 0. The molecule has 8 heavy (non-hydrogen) atoms. The average Bonchev–Trinajstić information content (AvgIpc) is 1.69. The molecule has 0 fully saturated rings. The summed E-state index contributed by atoms with van der Waals surface area (Å²) in [6.07, 6.45) is 0. The van der Waals surface area contributed by atoms with E-state index in [0.717, 1.165) is 0 Å². The van der Waals surface area contributed by atoms with E-state index in [0.29, 0.717) is 5.75 Å². The van der Waals surface area contributed by atoms with Crippen LogP contribution >= 0.6 is 0 Å². The van der Waals surface area contributed by atoms with Gasteiger partial charge in [-0.15, -0.1) is 0 Å². The molecule has 0 saturated carbocycles. The molecule has 0 spiro atoms. The van der Waals surface area contributed by atoms with E-state index in [1.54, 1.807) is 24.3 Å². The summed E-state index contributed by atoms with van der Waals surface area (Å²) >= 11 is 0. The monoisotopic (exact) mass is 224 g/mol. The zero-order valence-electron chi connectivity index (χ0n) is 4.24. The van der Waals surface area contributed by atoms with Crippen molar-refractivity contribution < 1.29 is 5.11 Å². The predicted molar refractivity (Wildman–Crippen MR) is 33.9 cm³/mol. The van der Waals surface area contributed by atoms with E-state index in [4.69, 9.17) is 5.11 Å². The first kappa shape index (κ1) is 7.81. The molecule has 0 aliphatic carbocycles. The maximum Gasteiger partial charge on any atom is 0.115 e. The maximum atomic E-state index is 8.63. The van der Waals surface area contributed by atoms with Crippen LogP contribution in [0.25, 0.3) is 0 Å². The number of phenolic OH excluding ortho intramolecular Hbond substituents is 1. The first-order valence-electron chi connectivity index (χ1n) is 2.13. The van der Waals surface area contributed by atoms with Crippen LogP contribution in [0.3, 0.4) is 0 Å². The number of hydrogen-bond donors (Lipinski definition) is 1. The largest absolute Gasteiger partial charge is 0.508 e. The van der Waals surface area contributed by atoms with Gasteiger partial charge in [-0.25, -0.2) is 0 Å². The van der Waals surface area contributed by atoms with Gasteiger partial charge in [-0.1, -0.05) is 18.2 Å². The van der Waals surface area contributed by atoms with E-state index in [2.05, 4.69) is 0 Å². The first-order valence-corrected chi connectivity index (χ1v) is 2.13. The van der Waals surface area contributed by atoms with Gasteiger partial charge >= 0.3 is 0 Å². The van der Waals surface area contributed by atoms with Gasteiger partial charge in [0.1, 0.15) is 5.75 Å². The summed E-state index contributed by atoms with van der Waals surface area (Å²) in [7, 11) is 0. The molecule has 0 atom stereocenters. The molecule has 1 N–H and O–H groups in total. The van der Waals surface area contributed by atoms with Gasteiger partial charge in [0, 0.05) is 23.7 Å². The predicted octanol–water partition coefficient (Wildman–Crippen LogP) is 1.01. The van der Waals surface area contributed by atoms with Gasteiger partial charge in [-0.05, 0) is 12.1 Å². The molecule has 1 nitrogen and oxygen atoms in total. The van der Waals surface area contributed by atoms with E-state index in [1.807, 2.05) is 6.07 Å². The van der Waals surface area contributed by atoms with Crippen molar-refractivity contribution in [3.8, 4) is 5.75 Å². The second-order valence-corrected chi connectivity index (χ2v) is 1.34. The van der Waals surface area contributed by atoms with Gasteiger partial charge in [0.25, 0.3) is 0 Å². The molecular weight excluding hydrogens is 216 g/mol. The first-order chi connectivity index (χ1) is 3.39. The number of hydrogen-bond acceptors (Lipinski definition) is 1. The molecule has 0 amide bonds. The fourth-order valence-corrected chi connectivity index (χ4v) is 0.428. The summed E-state index contributed by atoms with van der Waals surface area (Å²) < 4.78 is 0. The smallest absolute Gasteiger partial charge is 0.115 e. The van der Waals surface area contributed by atoms with Gasteiger partial charge in [0.2, 0.25) is 0 Å². The zero-order valence-corrected chi connectivity index (χ0v) is 6.57. The molecule has 0 aliphatic heterocycles. The minimum absolute atomic E-state index is 0. The van der Waals surface area contributed by atoms with Crippen LogP contribution in [0.5, 0.6) is 5.75 Å². The average molecular weight is 222 g/mol. The van der Waals surface area contributed by atoms with Gasteiger partial charge in [0.05, 0.1) is 0 Å². The minimum atomic E-state index is 0. The van der Waals surface area contributed by atoms with Crippen LogP contribution in [0.2, 0.25) is 0 Å². The molecule has 0 saturated heterocycles. The minimum Gasteiger partial charge on any atom is -0.508 e. The zero-order chi connectivity index (χ0) is 5.11. The number of rotatable bonds is 0. The van der Waals surface area contributed by atoms with E-state index >= 15 is 0 Å². The molecule has 0 bridgehead atoms. The number of phenols is 1. The Labute approximate surface area is 65.1 Å². The molecule has 0 heterocycles. The quantitative estimate of drug-likeness (QED) is 0.649. The van der Waals surface area contributed by atoms with Crippen molar-refractivity contribution in [1.29, 1.82) is 0 Å². The van der Waals surface area contributed by atoms with Crippen molar-refractivity contribution in [3.05, 3.63) is 30.3 Å². The Morgan fingerprint density at radius 3 is 1.75 bits per heavy atom. The van der Waals surface area contributed by atoms with Gasteiger partial charge in [0.15, 0.2) is 0 Å². The molecule has 0 aliphatic rings. The number of benzene rings is 1. The van der Waals surface area contributed by atoms with E-state index < -0.39 is 0 Å². The summed E-state index contributed by atoms with van der Waals surface area (Å²) in [4.78, 5) is 0. The maximum absolute atomic E-state index is 8.63. The van der Waals surface area contributed by atoms with Crippen molar-refractivity contribution in [1.82, 2.24) is 0 Å². The fourth-order valence-electron chi connectivity index (χ4n) is 0.428. The molecule has 1 rings (SSSR count). The van der Waals surface area contributed by atoms with Crippen molar-refractivity contribution in [2.45, 2.75) is 0 Å². The van der Waals surface area contributed by atoms with Crippen molar-refractivity contribution >= 4 is 23.7 Å². The van der Waals surface area contributed by atoms with Gasteiger partial charge in [-0.2, -0.15) is 0 Å². The van der Waals surface area contributed by atoms with Crippen molar-refractivity contribution in [3.63, 3.8) is 0 Å². The Morgan fingerprint density at radius 2 is 1.50 bits per heavy atom. The standard InChI is InChI=1S/C6H6O.Te/c7-6-4-2-1-3-5-6;/h1-5,7H;. The Hall–Kier alpha value is -0.190. The second-order valence-electron chi connectivity index (χ2n) is 1.34. The summed E-state index contributed by atoms with van der Waals surface area (Å²) in [5, 5.41) is 8.63. The SMILES string of the molecule is Oc1ccccc1.[Te]. The molecular formula is C6H6OTe. The van der Waals surface area contributed by atoms with Crippen LogP contribution in [-0.4, -0.2) is 28.8 Å². The van der Waals surface area contributed by atoms with Crippen LogP contribution in [0.1, 0.15) is 0 Å². The number of aromatic hydroxyl groups is 1. The van der Waals surface area contributed by atoms with Gasteiger partial charge < -0.3 is 5.11 Å². The second kappa shape index (κ2) is 3.77. The van der Waals surface area contributed by atoms with E-state index in [1.165, 1.54) is 0 Å². The molecule has 0 unspecified atom stereocenters. The number of para-hydroxylation sites is 1. The third kappa shape index (κ3) is 2.20.